The van der Waals surface area contributed by atoms with Crippen molar-refractivity contribution < 1.29 is 9.18 Å². The number of hydrogen-bond acceptors (Lipinski definition) is 2. The van der Waals surface area contributed by atoms with Gasteiger partial charge in [-0.1, -0.05) is 36.4 Å². The summed E-state index contributed by atoms with van der Waals surface area (Å²) in [6.45, 7) is 0. The maximum Gasteiger partial charge on any atom is 0.258 e. The first kappa shape index (κ1) is 15.6. The molecule has 1 amide bonds. The van der Waals surface area contributed by atoms with Gasteiger partial charge < -0.3 is 5.32 Å². The van der Waals surface area contributed by atoms with Gasteiger partial charge in [0.25, 0.3) is 5.91 Å². The molecule has 1 heterocycles. The second-order valence-corrected chi connectivity index (χ2v) is 5.15. The lowest BCUT2D eigenvalue weighted by atomic mass is 10.1. The second kappa shape index (κ2) is 7.33. The molecule has 0 aliphatic carbocycles. The van der Waals surface area contributed by atoms with Crippen molar-refractivity contribution in [1.82, 2.24) is 4.98 Å². The number of hydrogen-bond donors (Lipinski definition) is 1. The van der Waals surface area contributed by atoms with E-state index in [1.54, 1.807) is 24.4 Å². The van der Waals surface area contributed by atoms with Crippen LogP contribution in [-0.4, -0.2) is 10.9 Å². The normalized spacial score (nSPS) is 10.7. The average molecular weight is 318 g/mol. The fourth-order valence-electron chi connectivity index (χ4n) is 2.22. The van der Waals surface area contributed by atoms with Gasteiger partial charge in [0.15, 0.2) is 0 Å². The minimum Gasteiger partial charge on any atom is -0.322 e. The Morgan fingerprint density at radius 1 is 0.958 bits per heavy atom. The average Bonchev–Trinajstić information content (AvgIpc) is 2.61. The third-order valence-electron chi connectivity index (χ3n) is 3.40. The van der Waals surface area contributed by atoms with E-state index in [0.717, 1.165) is 11.3 Å². The molecule has 0 saturated heterocycles. The topological polar surface area (TPSA) is 42.0 Å². The molecule has 0 aliphatic rings. The van der Waals surface area contributed by atoms with Crippen LogP contribution in [0.4, 0.5) is 10.1 Å². The predicted molar refractivity (Wildman–Crippen MR) is 94.0 cm³/mol. The largest absolute Gasteiger partial charge is 0.322 e. The molecule has 2 aromatic carbocycles. The van der Waals surface area contributed by atoms with Gasteiger partial charge >= 0.3 is 0 Å². The zero-order valence-electron chi connectivity index (χ0n) is 12.8. The van der Waals surface area contributed by atoms with Crippen molar-refractivity contribution in [2.75, 3.05) is 5.32 Å². The fraction of sp³-hybridized carbons (Fsp3) is 0. The van der Waals surface area contributed by atoms with Gasteiger partial charge in [0.1, 0.15) is 5.82 Å². The molecule has 0 aliphatic heterocycles. The van der Waals surface area contributed by atoms with Gasteiger partial charge in [-0.2, -0.15) is 0 Å². The summed E-state index contributed by atoms with van der Waals surface area (Å²) in [6, 6.07) is 18.9. The van der Waals surface area contributed by atoms with Crippen molar-refractivity contribution in [2.45, 2.75) is 0 Å². The van der Waals surface area contributed by atoms with Crippen LogP contribution in [0.3, 0.4) is 0 Å². The van der Waals surface area contributed by atoms with Gasteiger partial charge in [0, 0.05) is 11.9 Å². The number of anilines is 1. The third kappa shape index (κ3) is 3.93. The number of carbonyl (C=O) groups is 1. The maximum absolute atomic E-state index is 13.7. The Labute approximate surface area is 139 Å². The van der Waals surface area contributed by atoms with E-state index in [9.17, 15) is 9.18 Å². The molecule has 118 valence electrons. The molecular weight excluding hydrogens is 303 g/mol. The first-order valence-electron chi connectivity index (χ1n) is 7.47. The van der Waals surface area contributed by atoms with E-state index in [4.69, 9.17) is 0 Å². The highest BCUT2D eigenvalue weighted by Crippen LogP contribution is 2.15. The van der Waals surface area contributed by atoms with Gasteiger partial charge in [0.05, 0.1) is 11.3 Å². The minimum atomic E-state index is -0.541. The molecule has 24 heavy (non-hydrogen) atoms. The predicted octanol–water partition coefficient (Wildman–Crippen LogP) is 4.64. The lowest BCUT2D eigenvalue weighted by molar-refractivity contribution is 0.102. The Kier molecular flexibility index (Phi) is 4.77. The number of aromatic nitrogens is 1. The Morgan fingerprint density at radius 3 is 2.58 bits per heavy atom. The summed E-state index contributed by atoms with van der Waals surface area (Å²) in [6.07, 6.45) is 5.52. The van der Waals surface area contributed by atoms with Crippen molar-refractivity contribution in [2.24, 2.45) is 0 Å². The minimum absolute atomic E-state index is 0.0203. The van der Waals surface area contributed by atoms with E-state index in [1.807, 2.05) is 48.6 Å². The Bertz CT molecular complexity index is 876. The van der Waals surface area contributed by atoms with Crippen molar-refractivity contribution in [3.63, 3.8) is 0 Å². The molecule has 0 unspecified atom stereocenters. The smallest absolute Gasteiger partial charge is 0.258 e. The van der Waals surface area contributed by atoms with E-state index in [0.29, 0.717) is 5.69 Å². The number of rotatable bonds is 4. The number of nitrogens with one attached hydrogen (secondary N) is 1. The zero-order valence-corrected chi connectivity index (χ0v) is 12.8. The van der Waals surface area contributed by atoms with Gasteiger partial charge in [-0.15, -0.1) is 0 Å². The van der Waals surface area contributed by atoms with Crippen LogP contribution in [-0.2, 0) is 0 Å². The van der Waals surface area contributed by atoms with Crippen LogP contribution >= 0.6 is 0 Å². The molecule has 0 radical (unpaired) electrons. The summed E-state index contributed by atoms with van der Waals surface area (Å²) >= 11 is 0. The van der Waals surface area contributed by atoms with Gasteiger partial charge in [-0.05, 0) is 48.0 Å². The van der Waals surface area contributed by atoms with E-state index in [-0.39, 0.29) is 5.56 Å². The molecule has 0 spiro atoms. The van der Waals surface area contributed by atoms with Crippen molar-refractivity contribution in [3.05, 3.63) is 95.6 Å². The number of carbonyl (C=O) groups excluding carboxylic acids is 1. The Hall–Kier alpha value is -3.27. The van der Waals surface area contributed by atoms with Gasteiger partial charge in [-0.25, -0.2) is 4.39 Å². The lowest BCUT2D eigenvalue weighted by Gasteiger charge is -2.06. The monoisotopic (exact) mass is 318 g/mol. The van der Waals surface area contributed by atoms with Crippen LogP contribution < -0.4 is 5.32 Å². The molecule has 3 nitrogen and oxygen atoms in total. The van der Waals surface area contributed by atoms with Crippen molar-refractivity contribution in [1.29, 1.82) is 0 Å². The summed E-state index contributed by atoms with van der Waals surface area (Å²) in [5.74, 6) is -1.01. The second-order valence-electron chi connectivity index (χ2n) is 5.15. The first-order chi connectivity index (χ1) is 11.7. The number of nitrogens with zero attached hydrogens (tertiary/aromatic N) is 1. The Morgan fingerprint density at radius 2 is 1.79 bits per heavy atom. The highest BCUT2D eigenvalue weighted by molar-refractivity contribution is 6.04. The van der Waals surface area contributed by atoms with Crippen molar-refractivity contribution in [3.8, 4) is 0 Å². The van der Waals surface area contributed by atoms with Gasteiger partial charge in [0.2, 0.25) is 0 Å². The Balaban J connectivity index is 1.75. The quantitative estimate of drug-likeness (QED) is 0.761. The van der Waals surface area contributed by atoms with Gasteiger partial charge in [-0.3, -0.25) is 9.78 Å². The molecular formula is C20H15FN2O. The molecule has 0 fully saturated rings. The van der Waals surface area contributed by atoms with E-state index < -0.39 is 11.7 Å². The van der Waals surface area contributed by atoms with Crippen LogP contribution in [0.15, 0.2) is 72.9 Å². The lowest BCUT2D eigenvalue weighted by Crippen LogP contribution is -2.13. The SMILES string of the molecule is O=C(Nc1cccc(C=Cc2ccccn2)c1)c1ccccc1F. The molecule has 4 heteroatoms. The van der Waals surface area contributed by atoms with E-state index in [1.165, 1.54) is 12.1 Å². The number of pyridine rings is 1. The maximum atomic E-state index is 13.7. The first-order valence-corrected chi connectivity index (χ1v) is 7.47. The van der Waals surface area contributed by atoms with Crippen LogP contribution in [0.2, 0.25) is 0 Å². The summed E-state index contributed by atoms with van der Waals surface area (Å²) in [7, 11) is 0. The summed E-state index contributed by atoms with van der Waals surface area (Å²) in [4.78, 5) is 16.4. The van der Waals surface area contributed by atoms with Crippen LogP contribution in [0.1, 0.15) is 21.6 Å². The fourth-order valence-corrected chi connectivity index (χ4v) is 2.22. The van der Waals surface area contributed by atoms with E-state index in [2.05, 4.69) is 10.3 Å². The molecule has 3 aromatic rings. The van der Waals surface area contributed by atoms with E-state index >= 15 is 0 Å². The van der Waals surface area contributed by atoms with Crippen LogP contribution in [0.5, 0.6) is 0 Å². The number of amides is 1. The van der Waals surface area contributed by atoms with Crippen LogP contribution in [0.25, 0.3) is 12.2 Å². The number of halogens is 1. The summed E-state index contributed by atoms with van der Waals surface area (Å²) in [5, 5.41) is 2.71. The standard InChI is InChI=1S/C20H15FN2O/c21-19-10-2-1-9-18(19)20(24)23-17-8-5-6-15(14-17)11-12-16-7-3-4-13-22-16/h1-14H,(H,23,24). The molecule has 0 saturated carbocycles. The molecule has 1 aromatic heterocycles. The highest BCUT2D eigenvalue weighted by Gasteiger charge is 2.10. The highest BCUT2D eigenvalue weighted by atomic mass is 19.1. The summed E-state index contributed by atoms with van der Waals surface area (Å²) < 4.78 is 13.7. The number of benzene rings is 2. The molecule has 3 rings (SSSR count). The molecule has 1 N–H and O–H groups in total. The third-order valence-corrected chi connectivity index (χ3v) is 3.40. The zero-order chi connectivity index (χ0) is 16.8. The molecule has 0 bridgehead atoms. The summed E-state index contributed by atoms with van der Waals surface area (Å²) in [5.41, 5.74) is 2.38. The molecule has 0 atom stereocenters. The van der Waals surface area contributed by atoms with Crippen LogP contribution in [0, 0.1) is 5.82 Å². The van der Waals surface area contributed by atoms with Crippen molar-refractivity contribution >= 4 is 23.7 Å².